The molecule has 0 aromatic carbocycles. The number of nitrogens with two attached hydrogens (primary N) is 2. The van der Waals surface area contributed by atoms with Crippen molar-refractivity contribution in [2.24, 2.45) is 58.8 Å². The van der Waals surface area contributed by atoms with Crippen molar-refractivity contribution in [3.63, 3.8) is 0 Å². The van der Waals surface area contributed by atoms with Crippen LogP contribution in [-0.2, 0) is 28.5 Å². The Morgan fingerprint density at radius 2 is 0.817 bits per heavy atom. The second-order valence-corrected chi connectivity index (χ2v) is 20.8. The third-order valence-electron chi connectivity index (χ3n) is 16.4. The third-order valence-corrected chi connectivity index (χ3v) is 16.4. The van der Waals surface area contributed by atoms with Crippen molar-refractivity contribution in [1.82, 2.24) is 10.6 Å². The fourth-order valence-electron chi connectivity index (χ4n) is 12.8. The molecule has 7 fully saturated rings. The Balaban J connectivity index is 0.708. The molecule has 0 aromatic rings. The maximum Gasteiger partial charge on any atom is 0.309 e. The lowest BCUT2D eigenvalue weighted by atomic mass is 9.73. The summed E-state index contributed by atoms with van der Waals surface area (Å²) in [6.45, 7) is 0.839. The lowest BCUT2D eigenvalue weighted by Crippen LogP contribution is -2.46. The molecule has 0 amide bonds. The molecule has 7 saturated carbocycles. The van der Waals surface area contributed by atoms with Gasteiger partial charge in [-0.15, -0.1) is 0 Å². The quantitative estimate of drug-likeness (QED) is 0.0514. The number of hydrogen-bond donors (Lipinski definition) is 4. The van der Waals surface area contributed by atoms with E-state index in [0.29, 0.717) is 38.1 Å². The standard InChI is InChI=1S/C50H84N4O6/c51-43-27-41(49(55)59-47-19-15-39(16-20-47)37-7-3-1-4-8-37)29-45(31-43)53-33-57-25-23-35-11-13-36(14-12-35)24-26-58-34-54-46-30-42(28-44(52)32-46)50(56)60-48-21-17-40(18-22-48)38-9-5-2-6-10-38/h23-26,35-48,53-54H,1-22,27-34,51-52H2. The van der Waals surface area contributed by atoms with E-state index in [2.05, 4.69) is 22.8 Å². The van der Waals surface area contributed by atoms with Gasteiger partial charge in [-0.3, -0.25) is 20.2 Å². The SMILES string of the molecule is NC1CC(NCOC=CC2CCC(C=COCNC3CC(N)CC(C(=O)OC4CCC(C5CCCCC5)CC4)C3)CC2)CC(C(=O)OC2CCC(C3CCCCC3)CC2)C1. The highest BCUT2D eigenvalue weighted by molar-refractivity contribution is 5.73. The number of hydrogen-bond acceptors (Lipinski definition) is 10. The normalized spacial score (nSPS) is 37.8. The molecule has 7 rings (SSSR count). The Kier molecular flexibility index (Phi) is 18.4. The van der Waals surface area contributed by atoms with E-state index in [4.69, 9.17) is 30.4 Å². The van der Waals surface area contributed by atoms with Gasteiger partial charge < -0.3 is 30.4 Å². The van der Waals surface area contributed by atoms with Crippen LogP contribution in [0.5, 0.6) is 0 Å². The summed E-state index contributed by atoms with van der Waals surface area (Å²) in [5.74, 6) is 4.18. The molecule has 340 valence electrons. The summed E-state index contributed by atoms with van der Waals surface area (Å²) in [6.07, 6.45) is 40.5. The van der Waals surface area contributed by atoms with Gasteiger partial charge in [-0.2, -0.15) is 0 Å². The smallest absolute Gasteiger partial charge is 0.309 e. The number of rotatable bonds is 16. The molecule has 6 N–H and O–H groups in total. The highest BCUT2D eigenvalue weighted by Gasteiger charge is 2.37. The molecule has 0 bridgehead atoms. The fraction of sp³-hybridized carbons (Fsp3) is 0.880. The Morgan fingerprint density at radius 3 is 1.20 bits per heavy atom. The molecule has 0 spiro atoms. The van der Waals surface area contributed by atoms with Gasteiger partial charge in [0.05, 0.1) is 24.4 Å². The molecule has 0 aromatic heterocycles. The molecular formula is C50H84N4O6. The summed E-state index contributed by atoms with van der Waals surface area (Å²) in [5, 5.41) is 7.00. The van der Waals surface area contributed by atoms with E-state index in [1.807, 2.05) is 12.5 Å². The van der Waals surface area contributed by atoms with Crippen LogP contribution in [0, 0.1) is 47.3 Å². The molecule has 7 aliphatic rings. The van der Waals surface area contributed by atoms with Crippen molar-refractivity contribution in [2.45, 2.75) is 216 Å². The predicted molar refractivity (Wildman–Crippen MR) is 237 cm³/mol. The molecule has 6 unspecified atom stereocenters. The van der Waals surface area contributed by atoms with Gasteiger partial charge in [-0.05, 0) is 163 Å². The largest absolute Gasteiger partial charge is 0.486 e. The zero-order valence-electron chi connectivity index (χ0n) is 37.2. The average molecular weight is 837 g/mol. The second kappa shape index (κ2) is 24.1. The molecule has 0 heterocycles. The molecule has 7 aliphatic carbocycles. The van der Waals surface area contributed by atoms with Gasteiger partial charge in [0.1, 0.15) is 25.7 Å². The Morgan fingerprint density at radius 1 is 0.450 bits per heavy atom. The van der Waals surface area contributed by atoms with Crippen LogP contribution >= 0.6 is 0 Å². The minimum absolute atomic E-state index is 0.00273. The average Bonchev–Trinajstić information content (AvgIpc) is 3.27. The van der Waals surface area contributed by atoms with E-state index in [0.717, 1.165) is 101 Å². The number of carbonyl (C=O) groups is 2. The van der Waals surface area contributed by atoms with Crippen molar-refractivity contribution in [2.75, 3.05) is 13.5 Å². The lowest BCUT2D eigenvalue weighted by molar-refractivity contribution is -0.158. The lowest BCUT2D eigenvalue weighted by Gasteiger charge is -2.37. The number of allylic oxidation sites excluding steroid dienone is 2. The highest BCUT2D eigenvalue weighted by atomic mass is 16.5. The first-order valence-electron chi connectivity index (χ1n) is 25.3. The van der Waals surface area contributed by atoms with Crippen LogP contribution in [-0.4, -0.2) is 61.8 Å². The van der Waals surface area contributed by atoms with Gasteiger partial charge in [0.25, 0.3) is 0 Å². The number of esters is 2. The topological polar surface area (TPSA) is 147 Å². The van der Waals surface area contributed by atoms with E-state index in [9.17, 15) is 9.59 Å². The van der Waals surface area contributed by atoms with Crippen LogP contribution in [0.25, 0.3) is 0 Å². The molecule has 0 saturated heterocycles. The van der Waals surface area contributed by atoms with Crippen LogP contribution in [0.2, 0.25) is 0 Å². The zero-order chi connectivity index (χ0) is 41.5. The van der Waals surface area contributed by atoms with Crippen molar-refractivity contribution in [3.05, 3.63) is 24.7 Å². The maximum atomic E-state index is 13.2. The minimum atomic E-state index is -0.130. The predicted octanol–water partition coefficient (Wildman–Crippen LogP) is 9.30. The van der Waals surface area contributed by atoms with Gasteiger partial charge in [0, 0.05) is 24.2 Å². The van der Waals surface area contributed by atoms with Crippen molar-refractivity contribution >= 4 is 11.9 Å². The molecular weight excluding hydrogens is 753 g/mol. The van der Waals surface area contributed by atoms with Crippen LogP contribution in [0.1, 0.15) is 180 Å². The number of carbonyl (C=O) groups excluding carboxylic acids is 2. The molecule has 10 nitrogen and oxygen atoms in total. The number of ether oxygens (including phenoxy) is 4. The summed E-state index contributed by atoms with van der Waals surface area (Å²) in [7, 11) is 0. The Bertz CT molecular complexity index is 1230. The van der Waals surface area contributed by atoms with E-state index in [-0.39, 0.29) is 60.1 Å². The first kappa shape index (κ1) is 45.9. The summed E-state index contributed by atoms with van der Waals surface area (Å²) < 4.78 is 23.9. The van der Waals surface area contributed by atoms with Gasteiger partial charge in [-0.1, -0.05) is 64.2 Å². The molecule has 10 heteroatoms. The van der Waals surface area contributed by atoms with E-state index >= 15 is 0 Å². The first-order chi connectivity index (χ1) is 29.3. The fourth-order valence-corrected chi connectivity index (χ4v) is 12.8. The van der Waals surface area contributed by atoms with Crippen molar-refractivity contribution < 1.29 is 28.5 Å². The summed E-state index contributed by atoms with van der Waals surface area (Å²) in [4.78, 5) is 26.4. The van der Waals surface area contributed by atoms with Crippen LogP contribution in [0.4, 0.5) is 0 Å². The van der Waals surface area contributed by atoms with Gasteiger partial charge in [-0.25, -0.2) is 0 Å². The van der Waals surface area contributed by atoms with Crippen molar-refractivity contribution in [1.29, 1.82) is 0 Å². The molecule has 60 heavy (non-hydrogen) atoms. The first-order valence-corrected chi connectivity index (χ1v) is 25.3. The van der Waals surface area contributed by atoms with E-state index in [1.54, 1.807) is 0 Å². The van der Waals surface area contributed by atoms with E-state index in [1.165, 1.54) is 89.9 Å². The Labute approximate surface area is 363 Å². The van der Waals surface area contributed by atoms with Crippen molar-refractivity contribution in [3.8, 4) is 0 Å². The van der Waals surface area contributed by atoms with Crippen LogP contribution in [0.3, 0.4) is 0 Å². The highest BCUT2D eigenvalue weighted by Crippen LogP contribution is 2.41. The van der Waals surface area contributed by atoms with Gasteiger partial charge in [0.2, 0.25) is 0 Å². The summed E-state index contributed by atoms with van der Waals surface area (Å²) in [5.41, 5.74) is 12.9. The third kappa shape index (κ3) is 14.5. The molecule has 0 radical (unpaired) electrons. The van der Waals surface area contributed by atoms with Crippen LogP contribution in [0.15, 0.2) is 24.7 Å². The Hall–Kier alpha value is -2.14. The summed E-state index contributed by atoms with van der Waals surface area (Å²) >= 11 is 0. The zero-order valence-corrected chi connectivity index (χ0v) is 37.2. The maximum absolute atomic E-state index is 13.2. The second-order valence-electron chi connectivity index (χ2n) is 20.8. The number of nitrogens with one attached hydrogen (secondary N) is 2. The van der Waals surface area contributed by atoms with Crippen LogP contribution < -0.4 is 22.1 Å². The van der Waals surface area contributed by atoms with Gasteiger partial charge >= 0.3 is 11.9 Å². The minimum Gasteiger partial charge on any atom is -0.486 e. The molecule has 6 atom stereocenters. The monoisotopic (exact) mass is 837 g/mol. The summed E-state index contributed by atoms with van der Waals surface area (Å²) in [6, 6.07) is 0.325. The van der Waals surface area contributed by atoms with Gasteiger partial charge in [0.15, 0.2) is 0 Å². The molecule has 0 aliphatic heterocycles. The van der Waals surface area contributed by atoms with E-state index < -0.39 is 0 Å².